The van der Waals surface area contributed by atoms with E-state index in [1.54, 1.807) is 0 Å². The highest BCUT2D eigenvalue weighted by atomic mass is 19.1. The van der Waals surface area contributed by atoms with Crippen LogP contribution in [0.2, 0.25) is 0 Å². The fourth-order valence-corrected chi connectivity index (χ4v) is 2.88. The Labute approximate surface area is 108 Å². The Balaban J connectivity index is 2.50. The monoisotopic (exact) mass is 253 g/mol. The van der Waals surface area contributed by atoms with E-state index in [9.17, 15) is 8.78 Å². The predicted molar refractivity (Wildman–Crippen MR) is 69.5 cm³/mol. The van der Waals surface area contributed by atoms with Crippen molar-refractivity contribution in [1.29, 1.82) is 0 Å². The normalized spacial score (nSPS) is 22.4. The van der Waals surface area contributed by atoms with Crippen LogP contribution in [0.3, 0.4) is 0 Å². The van der Waals surface area contributed by atoms with Gasteiger partial charge in [-0.05, 0) is 48.9 Å². The zero-order valence-corrected chi connectivity index (χ0v) is 11.3. The molecule has 0 saturated carbocycles. The predicted octanol–water partition coefficient (Wildman–Crippen LogP) is 3.98. The van der Waals surface area contributed by atoms with Gasteiger partial charge in [0.25, 0.3) is 0 Å². The minimum absolute atomic E-state index is 0.0850. The third-order valence-corrected chi connectivity index (χ3v) is 3.85. The van der Waals surface area contributed by atoms with Crippen LogP contribution in [-0.4, -0.2) is 6.54 Å². The molecule has 0 aromatic heterocycles. The van der Waals surface area contributed by atoms with Gasteiger partial charge in [0, 0.05) is 11.6 Å². The van der Waals surface area contributed by atoms with Crippen molar-refractivity contribution in [3.63, 3.8) is 0 Å². The maximum Gasteiger partial charge on any atom is 0.128 e. The van der Waals surface area contributed by atoms with Gasteiger partial charge in [-0.3, -0.25) is 0 Å². The summed E-state index contributed by atoms with van der Waals surface area (Å²) < 4.78 is 28.0. The first kappa shape index (κ1) is 13.5. The third-order valence-electron chi connectivity index (χ3n) is 3.85. The summed E-state index contributed by atoms with van der Waals surface area (Å²) in [4.78, 5) is 0. The summed E-state index contributed by atoms with van der Waals surface area (Å²) in [5.74, 6) is -0.554. The number of hydrogen-bond acceptors (Lipinski definition) is 1. The van der Waals surface area contributed by atoms with Crippen LogP contribution in [0.15, 0.2) is 12.1 Å². The van der Waals surface area contributed by atoms with Gasteiger partial charge in [-0.2, -0.15) is 0 Å². The Hall–Kier alpha value is -0.960. The number of fused-ring (bicyclic) bond motifs is 1. The molecule has 3 heteroatoms. The Kier molecular flexibility index (Phi) is 3.71. The van der Waals surface area contributed by atoms with E-state index >= 15 is 0 Å². The molecule has 0 spiro atoms. The third kappa shape index (κ3) is 2.56. The second-order valence-electron chi connectivity index (χ2n) is 5.90. The Bertz CT molecular complexity index is 440. The molecule has 1 unspecified atom stereocenters. The zero-order chi connectivity index (χ0) is 13.3. The molecule has 0 aliphatic heterocycles. The van der Waals surface area contributed by atoms with Gasteiger partial charge < -0.3 is 5.32 Å². The Morgan fingerprint density at radius 2 is 1.94 bits per heavy atom. The van der Waals surface area contributed by atoms with Gasteiger partial charge >= 0.3 is 0 Å². The maximum absolute atomic E-state index is 14.1. The molecule has 2 rings (SSSR count). The number of nitrogens with one attached hydrogen (secondary N) is 1. The van der Waals surface area contributed by atoms with E-state index in [0.29, 0.717) is 17.5 Å². The van der Waals surface area contributed by atoms with E-state index in [-0.39, 0.29) is 23.1 Å². The largest absolute Gasteiger partial charge is 0.310 e. The van der Waals surface area contributed by atoms with Crippen LogP contribution in [-0.2, 0) is 6.42 Å². The van der Waals surface area contributed by atoms with Crippen LogP contribution in [0, 0.1) is 17.0 Å². The van der Waals surface area contributed by atoms with Crippen molar-refractivity contribution in [2.24, 2.45) is 5.41 Å². The second-order valence-corrected chi connectivity index (χ2v) is 5.90. The van der Waals surface area contributed by atoms with Crippen LogP contribution in [0.4, 0.5) is 8.78 Å². The van der Waals surface area contributed by atoms with Gasteiger partial charge in [0.2, 0.25) is 0 Å². The highest BCUT2D eigenvalue weighted by Crippen LogP contribution is 2.40. The average Bonchev–Trinajstić information content (AvgIpc) is 2.42. The number of benzene rings is 1. The molecule has 0 fully saturated rings. The SMILES string of the molecule is CCNC1CC(C)(C)CCc2c(F)ccc(F)c21. The van der Waals surface area contributed by atoms with Crippen molar-refractivity contribution in [1.82, 2.24) is 5.32 Å². The molecule has 1 atom stereocenters. The zero-order valence-electron chi connectivity index (χ0n) is 11.3. The molecule has 1 aliphatic rings. The molecule has 1 aromatic rings. The Morgan fingerprint density at radius 3 is 2.61 bits per heavy atom. The fraction of sp³-hybridized carbons (Fsp3) is 0.600. The highest BCUT2D eigenvalue weighted by molar-refractivity contribution is 5.34. The topological polar surface area (TPSA) is 12.0 Å². The van der Waals surface area contributed by atoms with Crippen LogP contribution in [0.5, 0.6) is 0 Å². The lowest BCUT2D eigenvalue weighted by molar-refractivity contribution is 0.273. The number of hydrogen-bond donors (Lipinski definition) is 1. The standard InChI is InChI=1S/C15H21F2N/c1-4-18-13-9-15(2,3)8-7-10-11(16)5-6-12(17)14(10)13/h5-6,13,18H,4,7-9H2,1-3H3. The molecule has 1 aromatic carbocycles. The van der Waals surface area contributed by atoms with Crippen molar-refractivity contribution in [2.75, 3.05) is 6.54 Å². The van der Waals surface area contributed by atoms with Crippen LogP contribution >= 0.6 is 0 Å². The first-order chi connectivity index (χ1) is 8.44. The molecule has 0 bridgehead atoms. The van der Waals surface area contributed by atoms with Crippen LogP contribution in [0.25, 0.3) is 0 Å². The molecule has 0 saturated heterocycles. The minimum atomic E-state index is -0.282. The summed E-state index contributed by atoms with van der Waals surface area (Å²) in [6.45, 7) is 7.09. The van der Waals surface area contributed by atoms with Crippen molar-refractivity contribution < 1.29 is 8.78 Å². The van der Waals surface area contributed by atoms with Crippen molar-refractivity contribution in [2.45, 2.75) is 46.1 Å². The lowest BCUT2D eigenvalue weighted by Gasteiger charge is -2.27. The summed E-state index contributed by atoms with van der Waals surface area (Å²) in [6, 6.07) is 2.41. The molecule has 0 amide bonds. The summed E-state index contributed by atoms with van der Waals surface area (Å²) in [5, 5.41) is 3.30. The van der Waals surface area contributed by atoms with Gasteiger partial charge in [0.1, 0.15) is 11.6 Å². The molecule has 1 N–H and O–H groups in total. The maximum atomic E-state index is 14.1. The van der Waals surface area contributed by atoms with Crippen molar-refractivity contribution in [3.8, 4) is 0 Å². The molecular formula is C15H21F2N. The fourth-order valence-electron chi connectivity index (χ4n) is 2.88. The van der Waals surface area contributed by atoms with Crippen molar-refractivity contribution in [3.05, 3.63) is 34.9 Å². The summed E-state index contributed by atoms with van der Waals surface area (Å²) >= 11 is 0. The van der Waals surface area contributed by atoms with E-state index in [0.717, 1.165) is 19.4 Å². The van der Waals surface area contributed by atoms with Gasteiger partial charge in [-0.25, -0.2) is 8.78 Å². The molecule has 1 aliphatic carbocycles. The van der Waals surface area contributed by atoms with Crippen molar-refractivity contribution >= 4 is 0 Å². The highest BCUT2D eigenvalue weighted by Gasteiger charge is 2.32. The van der Waals surface area contributed by atoms with Gasteiger partial charge in [-0.15, -0.1) is 0 Å². The molecule has 100 valence electrons. The van der Waals surface area contributed by atoms with E-state index in [1.165, 1.54) is 12.1 Å². The summed E-state index contributed by atoms with van der Waals surface area (Å²) in [6.07, 6.45) is 2.35. The van der Waals surface area contributed by atoms with E-state index in [1.807, 2.05) is 6.92 Å². The number of rotatable bonds is 2. The van der Waals surface area contributed by atoms with Crippen LogP contribution in [0.1, 0.15) is 50.8 Å². The first-order valence-electron chi connectivity index (χ1n) is 6.65. The molecule has 0 heterocycles. The molecule has 0 radical (unpaired) electrons. The summed E-state index contributed by atoms with van der Waals surface area (Å²) in [7, 11) is 0. The second kappa shape index (κ2) is 4.96. The van der Waals surface area contributed by atoms with E-state index in [4.69, 9.17) is 0 Å². The molecule has 1 nitrogen and oxygen atoms in total. The smallest absolute Gasteiger partial charge is 0.128 e. The number of halogens is 2. The lowest BCUT2D eigenvalue weighted by Crippen LogP contribution is -2.26. The van der Waals surface area contributed by atoms with Gasteiger partial charge in [0.15, 0.2) is 0 Å². The van der Waals surface area contributed by atoms with Crippen LogP contribution < -0.4 is 5.32 Å². The minimum Gasteiger partial charge on any atom is -0.310 e. The summed E-state index contributed by atoms with van der Waals surface area (Å²) in [5.41, 5.74) is 1.21. The van der Waals surface area contributed by atoms with Gasteiger partial charge in [-0.1, -0.05) is 20.8 Å². The molecule has 18 heavy (non-hydrogen) atoms. The quantitative estimate of drug-likeness (QED) is 0.786. The molecular weight excluding hydrogens is 232 g/mol. The Morgan fingerprint density at radius 1 is 1.28 bits per heavy atom. The van der Waals surface area contributed by atoms with Gasteiger partial charge in [0.05, 0.1) is 0 Å². The average molecular weight is 253 g/mol. The lowest BCUT2D eigenvalue weighted by atomic mass is 9.83. The first-order valence-corrected chi connectivity index (χ1v) is 6.65. The van der Waals surface area contributed by atoms with E-state index in [2.05, 4.69) is 19.2 Å². The van der Waals surface area contributed by atoms with E-state index < -0.39 is 0 Å².